The molecule has 1 aromatic rings. The quantitative estimate of drug-likeness (QED) is 0.747. The van der Waals surface area contributed by atoms with Crippen LogP contribution >= 0.6 is 0 Å². The SMILES string of the molecule is CC1=C(c2ccc(S(C)(=O)=O)cc2)COC1=O. The van der Waals surface area contributed by atoms with Crippen molar-refractivity contribution in [2.24, 2.45) is 0 Å². The Labute approximate surface area is 99.8 Å². The van der Waals surface area contributed by atoms with Gasteiger partial charge in [-0.25, -0.2) is 13.2 Å². The highest BCUT2D eigenvalue weighted by Crippen LogP contribution is 2.26. The van der Waals surface area contributed by atoms with Crippen molar-refractivity contribution in [2.75, 3.05) is 12.9 Å². The fourth-order valence-electron chi connectivity index (χ4n) is 1.68. The van der Waals surface area contributed by atoms with Gasteiger partial charge in [0.1, 0.15) is 6.61 Å². The number of benzene rings is 1. The summed E-state index contributed by atoms with van der Waals surface area (Å²) >= 11 is 0. The number of cyclic esters (lactones) is 1. The molecule has 4 nitrogen and oxygen atoms in total. The van der Waals surface area contributed by atoms with Crippen LogP contribution in [0.15, 0.2) is 34.7 Å². The van der Waals surface area contributed by atoms with E-state index in [2.05, 4.69) is 0 Å². The summed E-state index contributed by atoms with van der Waals surface area (Å²) < 4.78 is 27.5. The lowest BCUT2D eigenvalue weighted by atomic mass is 10.0. The van der Waals surface area contributed by atoms with Crippen molar-refractivity contribution >= 4 is 21.4 Å². The minimum atomic E-state index is -3.18. The van der Waals surface area contributed by atoms with Gasteiger partial charge in [0.15, 0.2) is 9.84 Å². The van der Waals surface area contributed by atoms with E-state index in [1.54, 1.807) is 19.1 Å². The van der Waals surface area contributed by atoms with Crippen LogP contribution in [-0.2, 0) is 19.4 Å². The summed E-state index contributed by atoms with van der Waals surface area (Å²) in [4.78, 5) is 11.5. The first-order chi connectivity index (χ1) is 7.89. The summed E-state index contributed by atoms with van der Waals surface area (Å²) in [5.74, 6) is -0.313. The molecule has 0 radical (unpaired) electrons. The third-order valence-corrected chi connectivity index (χ3v) is 3.87. The third-order valence-electron chi connectivity index (χ3n) is 2.74. The van der Waals surface area contributed by atoms with Gasteiger partial charge in [-0.2, -0.15) is 0 Å². The summed E-state index contributed by atoms with van der Waals surface area (Å²) in [7, 11) is -3.18. The first-order valence-corrected chi connectivity index (χ1v) is 6.96. The second-order valence-electron chi connectivity index (χ2n) is 3.98. The number of ether oxygens (including phenoxy) is 1. The van der Waals surface area contributed by atoms with Crippen molar-refractivity contribution in [3.05, 3.63) is 35.4 Å². The Balaban J connectivity index is 2.41. The van der Waals surface area contributed by atoms with E-state index in [-0.39, 0.29) is 17.5 Å². The smallest absolute Gasteiger partial charge is 0.334 e. The van der Waals surface area contributed by atoms with Crippen molar-refractivity contribution in [1.29, 1.82) is 0 Å². The lowest BCUT2D eigenvalue weighted by Gasteiger charge is -2.03. The molecule has 0 spiro atoms. The molecule has 0 bridgehead atoms. The fraction of sp³-hybridized carbons (Fsp3) is 0.250. The van der Waals surface area contributed by atoms with E-state index in [9.17, 15) is 13.2 Å². The summed E-state index contributed by atoms with van der Waals surface area (Å²) in [6.45, 7) is 1.96. The van der Waals surface area contributed by atoms with Gasteiger partial charge in [0.2, 0.25) is 0 Å². The van der Waals surface area contributed by atoms with Gasteiger partial charge in [0.25, 0.3) is 0 Å². The molecule has 0 fully saturated rings. The Morgan fingerprint density at radius 1 is 1.18 bits per heavy atom. The minimum Gasteiger partial charge on any atom is -0.457 e. The van der Waals surface area contributed by atoms with Gasteiger partial charge in [-0.1, -0.05) is 12.1 Å². The fourth-order valence-corrected chi connectivity index (χ4v) is 2.31. The van der Waals surface area contributed by atoms with E-state index in [1.807, 2.05) is 0 Å². The molecule has 17 heavy (non-hydrogen) atoms. The normalized spacial score (nSPS) is 16.2. The predicted molar refractivity (Wildman–Crippen MR) is 63.1 cm³/mol. The number of hydrogen-bond acceptors (Lipinski definition) is 4. The Bertz CT molecular complexity index is 594. The molecular formula is C12H12O4S. The maximum atomic E-state index is 11.3. The zero-order chi connectivity index (χ0) is 12.6. The zero-order valence-corrected chi connectivity index (χ0v) is 10.4. The number of carbonyl (C=O) groups is 1. The Morgan fingerprint density at radius 3 is 2.18 bits per heavy atom. The van der Waals surface area contributed by atoms with E-state index < -0.39 is 9.84 Å². The monoisotopic (exact) mass is 252 g/mol. The molecule has 0 amide bonds. The highest BCUT2D eigenvalue weighted by molar-refractivity contribution is 7.90. The average molecular weight is 252 g/mol. The lowest BCUT2D eigenvalue weighted by molar-refractivity contribution is -0.135. The number of carbonyl (C=O) groups excluding carboxylic acids is 1. The standard InChI is InChI=1S/C12H12O4S/c1-8-11(7-16-12(8)13)9-3-5-10(6-4-9)17(2,14)15/h3-6H,7H2,1-2H3. The van der Waals surface area contributed by atoms with E-state index in [1.165, 1.54) is 12.1 Å². The highest BCUT2D eigenvalue weighted by atomic mass is 32.2. The van der Waals surface area contributed by atoms with Crippen LogP contribution in [0, 0.1) is 0 Å². The molecule has 90 valence electrons. The molecule has 1 aromatic carbocycles. The molecule has 5 heteroatoms. The van der Waals surface area contributed by atoms with Crippen LogP contribution in [0.5, 0.6) is 0 Å². The van der Waals surface area contributed by atoms with Crippen molar-refractivity contribution in [3.8, 4) is 0 Å². The number of rotatable bonds is 2. The number of esters is 1. The van der Waals surface area contributed by atoms with Gasteiger partial charge in [-0.3, -0.25) is 0 Å². The highest BCUT2D eigenvalue weighted by Gasteiger charge is 2.21. The number of hydrogen-bond donors (Lipinski definition) is 0. The van der Waals surface area contributed by atoms with Crippen molar-refractivity contribution in [3.63, 3.8) is 0 Å². The first-order valence-electron chi connectivity index (χ1n) is 5.07. The Morgan fingerprint density at radius 2 is 1.76 bits per heavy atom. The van der Waals surface area contributed by atoms with Crippen LogP contribution in [-0.4, -0.2) is 27.2 Å². The van der Waals surface area contributed by atoms with Crippen LogP contribution in [0.3, 0.4) is 0 Å². The van der Waals surface area contributed by atoms with Crippen molar-refractivity contribution in [2.45, 2.75) is 11.8 Å². The molecule has 0 saturated carbocycles. The number of sulfone groups is 1. The molecule has 0 saturated heterocycles. The van der Waals surface area contributed by atoms with Crippen LogP contribution in [0.4, 0.5) is 0 Å². The van der Waals surface area contributed by atoms with Crippen molar-refractivity contribution in [1.82, 2.24) is 0 Å². The summed E-state index contributed by atoms with van der Waals surface area (Å²) in [5.41, 5.74) is 2.22. The van der Waals surface area contributed by atoms with E-state index in [0.29, 0.717) is 5.57 Å². The molecule has 0 aromatic heterocycles. The molecule has 1 aliphatic heterocycles. The molecule has 0 aliphatic carbocycles. The van der Waals surface area contributed by atoms with Gasteiger partial charge in [-0.05, 0) is 24.6 Å². The predicted octanol–water partition coefficient (Wildman–Crippen LogP) is 1.42. The van der Waals surface area contributed by atoms with Gasteiger partial charge in [-0.15, -0.1) is 0 Å². The molecule has 0 N–H and O–H groups in total. The zero-order valence-electron chi connectivity index (χ0n) is 9.56. The van der Waals surface area contributed by atoms with Crippen LogP contribution in [0.1, 0.15) is 12.5 Å². The first kappa shape index (κ1) is 11.9. The summed E-state index contributed by atoms with van der Waals surface area (Å²) in [6, 6.07) is 6.45. The van der Waals surface area contributed by atoms with Gasteiger partial charge < -0.3 is 4.74 Å². The van der Waals surface area contributed by atoms with E-state index in [4.69, 9.17) is 4.74 Å². The molecule has 0 atom stereocenters. The van der Waals surface area contributed by atoms with Crippen molar-refractivity contribution < 1.29 is 17.9 Å². The van der Waals surface area contributed by atoms with Gasteiger partial charge >= 0.3 is 5.97 Å². The Kier molecular flexibility index (Phi) is 2.79. The third kappa shape index (κ3) is 2.24. The minimum absolute atomic E-state index is 0.253. The molecule has 1 aliphatic rings. The van der Waals surface area contributed by atoms with Gasteiger partial charge in [0, 0.05) is 17.4 Å². The molecule has 0 unspecified atom stereocenters. The maximum Gasteiger partial charge on any atom is 0.334 e. The van der Waals surface area contributed by atoms with Gasteiger partial charge in [0.05, 0.1) is 4.90 Å². The topological polar surface area (TPSA) is 60.4 Å². The largest absolute Gasteiger partial charge is 0.457 e. The van der Waals surface area contributed by atoms with Crippen LogP contribution in [0.25, 0.3) is 5.57 Å². The maximum absolute atomic E-state index is 11.3. The molecular weight excluding hydrogens is 240 g/mol. The second kappa shape index (κ2) is 4.00. The lowest BCUT2D eigenvalue weighted by Crippen LogP contribution is -1.97. The van der Waals surface area contributed by atoms with Crippen LogP contribution in [0.2, 0.25) is 0 Å². The van der Waals surface area contributed by atoms with Crippen LogP contribution < -0.4 is 0 Å². The summed E-state index contributed by atoms with van der Waals surface area (Å²) in [5, 5.41) is 0. The molecule has 1 heterocycles. The second-order valence-corrected chi connectivity index (χ2v) is 5.99. The average Bonchev–Trinajstić information content (AvgIpc) is 2.59. The molecule has 2 rings (SSSR count). The Hall–Kier alpha value is -1.62. The van der Waals surface area contributed by atoms with E-state index in [0.717, 1.165) is 17.4 Å². The summed E-state index contributed by atoms with van der Waals surface area (Å²) in [6.07, 6.45) is 1.16. The van der Waals surface area contributed by atoms with E-state index >= 15 is 0 Å².